The maximum atomic E-state index is 12.3. The van der Waals surface area contributed by atoms with E-state index in [9.17, 15) is 18.0 Å². The Labute approximate surface area is 144 Å². The molecule has 2 aromatic rings. The molecule has 0 unspecified atom stereocenters. The highest BCUT2D eigenvalue weighted by Crippen LogP contribution is 2.24. The van der Waals surface area contributed by atoms with Crippen LogP contribution in [0, 0.1) is 0 Å². The first-order valence-corrected chi connectivity index (χ1v) is 7.92. The summed E-state index contributed by atoms with van der Waals surface area (Å²) >= 11 is 0. The normalized spacial score (nSPS) is 12.9. The summed E-state index contributed by atoms with van der Waals surface area (Å²) in [6, 6.07) is 8.24. The van der Waals surface area contributed by atoms with Crippen LogP contribution in [0.15, 0.2) is 36.5 Å². The van der Waals surface area contributed by atoms with Crippen molar-refractivity contribution in [2.45, 2.75) is 45.5 Å². The summed E-state index contributed by atoms with van der Waals surface area (Å²) in [6.45, 7) is 4.51. The lowest BCUT2D eigenvalue weighted by Gasteiger charge is -2.17. The molecule has 2 N–H and O–H groups in total. The van der Waals surface area contributed by atoms with Crippen LogP contribution in [0.2, 0.25) is 0 Å². The fraction of sp³-hybridized carbons (Fsp3) is 0.412. The number of anilines is 2. The van der Waals surface area contributed by atoms with Gasteiger partial charge in [0.1, 0.15) is 18.4 Å². The summed E-state index contributed by atoms with van der Waals surface area (Å²) in [4.78, 5) is 12.3. The topological polar surface area (TPSA) is 59.0 Å². The average Bonchev–Trinajstić information content (AvgIpc) is 2.92. The Morgan fingerprint density at radius 2 is 1.88 bits per heavy atom. The average molecular weight is 354 g/mol. The fourth-order valence-corrected chi connectivity index (χ4v) is 2.35. The highest BCUT2D eigenvalue weighted by atomic mass is 19.4. The fourth-order valence-electron chi connectivity index (χ4n) is 2.35. The standard InChI is InChI=1S/C17H21F3N4O/c1-11(2)13-6-4-5-7-14(13)22-16(25)12(3)21-15-8-9-24(23-15)10-17(18,19)20/h4-9,11-12H,10H2,1-3H3,(H,21,23)(H,22,25)/t12-/m0/s1. The molecule has 0 spiro atoms. The number of hydrogen-bond acceptors (Lipinski definition) is 3. The predicted molar refractivity (Wildman–Crippen MR) is 90.5 cm³/mol. The number of halogens is 3. The Hall–Kier alpha value is -2.51. The largest absolute Gasteiger partial charge is 0.408 e. The van der Waals surface area contributed by atoms with Crippen LogP contribution >= 0.6 is 0 Å². The monoisotopic (exact) mass is 354 g/mol. The van der Waals surface area contributed by atoms with Crippen molar-refractivity contribution in [3.63, 3.8) is 0 Å². The van der Waals surface area contributed by atoms with Crippen molar-refractivity contribution in [2.24, 2.45) is 0 Å². The van der Waals surface area contributed by atoms with E-state index in [1.165, 1.54) is 12.3 Å². The minimum absolute atomic E-state index is 0.212. The van der Waals surface area contributed by atoms with E-state index in [-0.39, 0.29) is 17.6 Å². The Kier molecular flexibility index (Phi) is 5.71. The Bertz CT molecular complexity index is 725. The number of nitrogens with zero attached hydrogens (tertiary/aromatic N) is 2. The first-order valence-electron chi connectivity index (χ1n) is 7.92. The van der Waals surface area contributed by atoms with Crippen LogP contribution in [0.3, 0.4) is 0 Å². The van der Waals surface area contributed by atoms with E-state index < -0.39 is 18.8 Å². The Morgan fingerprint density at radius 1 is 1.20 bits per heavy atom. The summed E-state index contributed by atoms with van der Waals surface area (Å²) in [6.07, 6.45) is -3.12. The van der Waals surface area contributed by atoms with Gasteiger partial charge in [0.15, 0.2) is 0 Å². The zero-order chi connectivity index (χ0) is 18.6. The van der Waals surface area contributed by atoms with Gasteiger partial charge in [-0.2, -0.15) is 18.3 Å². The number of carbonyl (C=O) groups excluding carboxylic acids is 1. The third-order valence-electron chi connectivity index (χ3n) is 3.58. The number of amides is 1. The summed E-state index contributed by atoms with van der Waals surface area (Å²) in [5.74, 6) is 0.167. The van der Waals surface area contributed by atoms with Gasteiger partial charge < -0.3 is 10.6 Å². The number of aromatic nitrogens is 2. The SMILES string of the molecule is CC(C)c1ccccc1NC(=O)[C@H](C)Nc1ccn(CC(F)(F)F)n1. The van der Waals surface area contributed by atoms with Crippen molar-refractivity contribution in [1.29, 1.82) is 0 Å². The minimum Gasteiger partial charge on any atom is -0.357 e. The zero-order valence-corrected chi connectivity index (χ0v) is 14.3. The van der Waals surface area contributed by atoms with E-state index in [1.807, 2.05) is 38.1 Å². The molecule has 2 rings (SSSR count). The van der Waals surface area contributed by atoms with Crippen molar-refractivity contribution in [2.75, 3.05) is 10.6 Å². The molecule has 1 amide bonds. The highest BCUT2D eigenvalue weighted by molar-refractivity contribution is 5.96. The maximum absolute atomic E-state index is 12.3. The number of hydrogen-bond donors (Lipinski definition) is 2. The van der Waals surface area contributed by atoms with Gasteiger partial charge in [0, 0.05) is 18.0 Å². The second-order valence-electron chi connectivity index (χ2n) is 6.11. The van der Waals surface area contributed by atoms with Crippen LogP contribution < -0.4 is 10.6 Å². The predicted octanol–water partition coefficient (Wildman–Crippen LogP) is 4.01. The molecule has 0 saturated carbocycles. The molecular weight excluding hydrogens is 333 g/mol. The molecule has 136 valence electrons. The van der Waals surface area contributed by atoms with Gasteiger partial charge in [-0.05, 0) is 24.5 Å². The molecule has 0 aliphatic carbocycles. The Morgan fingerprint density at radius 3 is 2.52 bits per heavy atom. The molecule has 0 bridgehead atoms. The van der Waals surface area contributed by atoms with Crippen molar-refractivity contribution >= 4 is 17.4 Å². The number of rotatable bonds is 6. The second-order valence-corrected chi connectivity index (χ2v) is 6.11. The number of benzene rings is 1. The molecule has 1 atom stereocenters. The molecule has 0 aliphatic heterocycles. The Balaban J connectivity index is 1.99. The van der Waals surface area contributed by atoms with E-state index in [0.29, 0.717) is 0 Å². The van der Waals surface area contributed by atoms with Crippen LogP contribution in [0.5, 0.6) is 0 Å². The number of alkyl halides is 3. The number of nitrogens with one attached hydrogen (secondary N) is 2. The van der Waals surface area contributed by atoms with Gasteiger partial charge in [-0.15, -0.1) is 0 Å². The van der Waals surface area contributed by atoms with Crippen LogP contribution in [0.25, 0.3) is 0 Å². The molecule has 0 fully saturated rings. The summed E-state index contributed by atoms with van der Waals surface area (Å²) in [5.41, 5.74) is 1.73. The van der Waals surface area contributed by atoms with Gasteiger partial charge >= 0.3 is 6.18 Å². The number of carbonyl (C=O) groups is 1. The van der Waals surface area contributed by atoms with Crippen LogP contribution in [0.1, 0.15) is 32.3 Å². The summed E-state index contributed by atoms with van der Waals surface area (Å²) < 4.78 is 37.8. The molecule has 8 heteroatoms. The molecular formula is C17H21F3N4O. The molecule has 1 heterocycles. The smallest absolute Gasteiger partial charge is 0.357 e. The van der Waals surface area contributed by atoms with Gasteiger partial charge in [-0.25, -0.2) is 0 Å². The van der Waals surface area contributed by atoms with Crippen molar-refractivity contribution in [3.05, 3.63) is 42.1 Å². The minimum atomic E-state index is -4.34. The summed E-state index contributed by atoms with van der Waals surface area (Å²) in [7, 11) is 0. The third kappa shape index (κ3) is 5.51. The first-order chi connectivity index (χ1) is 11.7. The maximum Gasteiger partial charge on any atom is 0.408 e. The van der Waals surface area contributed by atoms with Crippen molar-refractivity contribution in [1.82, 2.24) is 9.78 Å². The zero-order valence-electron chi connectivity index (χ0n) is 14.3. The molecule has 0 saturated heterocycles. The lowest BCUT2D eigenvalue weighted by atomic mass is 10.0. The summed E-state index contributed by atoms with van der Waals surface area (Å²) in [5, 5.41) is 9.42. The molecule has 1 aromatic heterocycles. The van der Waals surface area contributed by atoms with Gasteiger partial charge in [0.05, 0.1) is 0 Å². The van der Waals surface area contributed by atoms with E-state index in [4.69, 9.17) is 0 Å². The quantitative estimate of drug-likeness (QED) is 0.824. The van der Waals surface area contributed by atoms with Gasteiger partial charge in [-0.1, -0.05) is 32.0 Å². The van der Waals surface area contributed by atoms with Gasteiger partial charge in [0.25, 0.3) is 0 Å². The lowest BCUT2D eigenvalue weighted by molar-refractivity contribution is -0.142. The van der Waals surface area contributed by atoms with Crippen molar-refractivity contribution < 1.29 is 18.0 Å². The second kappa shape index (κ2) is 7.58. The van der Waals surface area contributed by atoms with Crippen LogP contribution in [-0.2, 0) is 11.3 Å². The van der Waals surface area contributed by atoms with Crippen LogP contribution in [-0.4, -0.2) is 27.9 Å². The van der Waals surface area contributed by atoms with E-state index in [0.717, 1.165) is 15.9 Å². The highest BCUT2D eigenvalue weighted by Gasteiger charge is 2.28. The van der Waals surface area contributed by atoms with Crippen LogP contribution in [0.4, 0.5) is 24.7 Å². The van der Waals surface area contributed by atoms with Gasteiger partial charge in [-0.3, -0.25) is 9.48 Å². The molecule has 5 nitrogen and oxygen atoms in total. The van der Waals surface area contributed by atoms with E-state index in [2.05, 4.69) is 15.7 Å². The molecule has 0 radical (unpaired) electrons. The van der Waals surface area contributed by atoms with Gasteiger partial charge in [0.2, 0.25) is 5.91 Å². The number of para-hydroxylation sites is 1. The molecule has 25 heavy (non-hydrogen) atoms. The van der Waals surface area contributed by atoms with E-state index >= 15 is 0 Å². The third-order valence-corrected chi connectivity index (χ3v) is 3.58. The lowest BCUT2D eigenvalue weighted by Crippen LogP contribution is -2.32. The van der Waals surface area contributed by atoms with Crippen molar-refractivity contribution in [3.8, 4) is 0 Å². The molecule has 1 aromatic carbocycles. The first kappa shape index (κ1) is 18.8. The van der Waals surface area contributed by atoms with E-state index in [1.54, 1.807) is 6.92 Å². The molecule has 0 aliphatic rings.